The minimum atomic E-state index is -0.262. The molecule has 1 amide bonds. The van der Waals surface area contributed by atoms with Crippen molar-refractivity contribution in [3.63, 3.8) is 0 Å². The lowest BCUT2D eigenvalue weighted by atomic mass is 10.2. The van der Waals surface area contributed by atoms with E-state index in [1.54, 1.807) is 0 Å². The lowest BCUT2D eigenvalue weighted by Crippen LogP contribution is -2.51. The summed E-state index contributed by atoms with van der Waals surface area (Å²) < 4.78 is 11.1. The fourth-order valence-corrected chi connectivity index (χ4v) is 2.09. The minimum Gasteiger partial charge on any atom is -0.493 e. The number of hydrogen-bond acceptors (Lipinski definition) is 4. The molecule has 0 aromatic heterocycles. The number of benzene rings is 1. The van der Waals surface area contributed by atoms with Crippen molar-refractivity contribution < 1.29 is 14.3 Å². The molecular weight excluding hydrogens is 304 g/mol. The van der Waals surface area contributed by atoms with Crippen molar-refractivity contribution in [3.8, 4) is 5.75 Å². The third kappa shape index (κ3) is 5.83. The van der Waals surface area contributed by atoms with Crippen molar-refractivity contribution in [3.05, 3.63) is 29.8 Å². The number of carbonyl (C=O) groups is 1. The Morgan fingerprint density at radius 2 is 2.23 bits per heavy atom. The zero-order valence-corrected chi connectivity index (χ0v) is 13.9. The van der Waals surface area contributed by atoms with E-state index < -0.39 is 0 Å². The van der Waals surface area contributed by atoms with Crippen LogP contribution >= 0.6 is 12.4 Å². The van der Waals surface area contributed by atoms with Gasteiger partial charge in [-0.1, -0.05) is 32.0 Å². The maximum Gasteiger partial charge on any atom is 0.239 e. The second-order valence-electron chi connectivity index (χ2n) is 5.61. The van der Waals surface area contributed by atoms with Gasteiger partial charge < -0.3 is 20.1 Å². The maximum absolute atomic E-state index is 12.1. The third-order valence-electron chi connectivity index (χ3n) is 3.24. The van der Waals surface area contributed by atoms with Gasteiger partial charge in [0.05, 0.1) is 19.8 Å². The Kier molecular flexibility index (Phi) is 8.24. The van der Waals surface area contributed by atoms with Crippen LogP contribution in [-0.4, -0.2) is 38.3 Å². The molecule has 1 aromatic rings. The number of nitrogens with one attached hydrogen (secondary N) is 2. The highest BCUT2D eigenvalue weighted by Gasteiger charge is 2.20. The molecule has 0 aliphatic carbocycles. The predicted molar refractivity (Wildman–Crippen MR) is 88.5 cm³/mol. The molecule has 5 nitrogen and oxygen atoms in total. The van der Waals surface area contributed by atoms with Crippen LogP contribution < -0.4 is 15.4 Å². The fourth-order valence-electron chi connectivity index (χ4n) is 2.09. The first kappa shape index (κ1) is 18.7. The maximum atomic E-state index is 12.1. The van der Waals surface area contributed by atoms with Crippen molar-refractivity contribution in [2.75, 3.05) is 26.4 Å². The quantitative estimate of drug-likeness (QED) is 0.835. The van der Waals surface area contributed by atoms with Gasteiger partial charge in [0.15, 0.2) is 0 Å². The number of hydrogen-bond donors (Lipinski definition) is 2. The van der Waals surface area contributed by atoms with Gasteiger partial charge in [0.25, 0.3) is 0 Å². The van der Waals surface area contributed by atoms with Crippen LogP contribution in [0.2, 0.25) is 0 Å². The summed E-state index contributed by atoms with van der Waals surface area (Å²) >= 11 is 0. The van der Waals surface area contributed by atoms with Crippen LogP contribution in [0.4, 0.5) is 0 Å². The standard InChI is InChI=1S/C16H24N2O3.ClH/c1-12(2)10-21-15-6-4-3-5-13(15)9-18-16(19)14-11-20-8-7-17-14;/h3-6,12,14,17H,7-11H2,1-2H3,(H,18,19);1H. The summed E-state index contributed by atoms with van der Waals surface area (Å²) in [6, 6.07) is 7.54. The van der Waals surface area contributed by atoms with Gasteiger partial charge in [0.2, 0.25) is 5.91 Å². The first-order valence-electron chi connectivity index (χ1n) is 7.46. The highest BCUT2D eigenvalue weighted by atomic mass is 35.5. The molecule has 1 heterocycles. The van der Waals surface area contributed by atoms with E-state index in [-0.39, 0.29) is 24.4 Å². The topological polar surface area (TPSA) is 59.6 Å². The van der Waals surface area contributed by atoms with E-state index in [9.17, 15) is 4.79 Å². The van der Waals surface area contributed by atoms with Gasteiger partial charge in [-0.15, -0.1) is 12.4 Å². The molecule has 0 radical (unpaired) electrons. The highest BCUT2D eigenvalue weighted by molar-refractivity contribution is 5.85. The second kappa shape index (κ2) is 9.66. The van der Waals surface area contributed by atoms with E-state index in [4.69, 9.17) is 9.47 Å². The van der Waals surface area contributed by atoms with E-state index in [2.05, 4.69) is 24.5 Å². The zero-order chi connectivity index (χ0) is 15.1. The number of amides is 1. The van der Waals surface area contributed by atoms with Crippen LogP contribution in [0.3, 0.4) is 0 Å². The molecule has 1 fully saturated rings. The fraction of sp³-hybridized carbons (Fsp3) is 0.562. The molecule has 124 valence electrons. The third-order valence-corrected chi connectivity index (χ3v) is 3.24. The number of carbonyl (C=O) groups excluding carboxylic acids is 1. The lowest BCUT2D eigenvalue weighted by molar-refractivity contribution is -0.126. The van der Waals surface area contributed by atoms with Crippen molar-refractivity contribution in [1.29, 1.82) is 0 Å². The molecule has 6 heteroatoms. The van der Waals surface area contributed by atoms with Crippen LogP contribution in [0, 0.1) is 5.92 Å². The largest absolute Gasteiger partial charge is 0.493 e. The summed E-state index contributed by atoms with van der Waals surface area (Å²) in [6.45, 7) is 7.16. The van der Waals surface area contributed by atoms with Crippen LogP contribution in [0.1, 0.15) is 19.4 Å². The Morgan fingerprint density at radius 3 is 2.91 bits per heavy atom. The molecule has 1 saturated heterocycles. The SMILES string of the molecule is CC(C)COc1ccccc1CNC(=O)C1COCCN1.Cl. The monoisotopic (exact) mass is 328 g/mol. The molecule has 0 spiro atoms. The molecule has 0 saturated carbocycles. The molecule has 22 heavy (non-hydrogen) atoms. The lowest BCUT2D eigenvalue weighted by Gasteiger charge is -2.23. The summed E-state index contributed by atoms with van der Waals surface area (Å²) in [5.74, 6) is 1.27. The molecule has 1 atom stereocenters. The average Bonchev–Trinajstić information content (AvgIpc) is 2.52. The smallest absolute Gasteiger partial charge is 0.239 e. The van der Waals surface area contributed by atoms with Gasteiger partial charge in [-0.05, 0) is 12.0 Å². The van der Waals surface area contributed by atoms with E-state index in [0.29, 0.717) is 38.8 Å². The van der Waals surface area contributed by atoms with Gasteiger partial charge in [-0.3, -0.25) is 4.79 Å². The first-order chi connectivity index (χ1) is 10.2. The van der Waals surface area contributed by atoms with E-state index >= 15 is 0 Å². The normalized spacial score (nSPS) is 17.7. The van der Waals surface area contributed by atoms with Crippen LogP contribution in [0.25, 0.3) is 0 Å². The van der Waals surface area contributed by atoms with Crippen LogP contribution in [-0.2, 0) is 16.1 Å². The van der Waals surface area contributed by atoms with Crippen molar-refractivity contribution in [2.24, 2.45) is 5.92 Å². The Morgan fingerprint density at radius 1 is 1.45 bits per heavy atom. The molecule has 1 unspecified atom stereocenters. The number of para-hydroxylation sites is 1. The summed E-state index contributed by atoms with van der Waals surface area (Å²) in [4.78, 5) is 12.1. The molecule has 0 bridgehead atoms. The number of rotatable bonds is 6. The summed E-state index contributed by atoms with van der Waals surface area (Å²) in [6.07, 6.45) is 0. The van der Waals surface area contributed by atoms with E-state index in [1.165, 1.54) is 0 Å². The van der Waals surface area contributed by atoms with E-state index in [0.717, 1.165) is 11.3 Å². The van der Waals surface area contributed by atoms with Crippen molar-refractivity contribution in [1.82, 2.24) is 10.6 Å². The summed E-state index contributed by atoms with van der Waals surface area (Å²) in [7, 11) is 0. The Bertz CT molecular complexity index is 462. The summed E-state index contributed by atoms with van der Waals surface area (Å²) in [5, 5.41) is 6.08. The minimum absolute atomic E-state index is 0. The van der Waals surface area contributed by atoms with Gasteiger partial charge >= 0.3 is 0 Å². The molecule has 1 aromatic carbocycles. The molecular formula is C16H25ClN2O3. The van der Waals surface area contributed by atoms with Gasteiger partial charge in [-0.25, -0.2) is 0 Å². The first-order valence-corrected chi connectivity index (χ1v) is 7.46. The second-order valence-corrected chi connectivity index (χ2v) is 5.61. The highest BCUT2D eigenvalue weighted by Crippen LogP contribution is 2.18. The van der Waals surface area contributed by atoms with Crippen LogP contribution in [0.5, 0.6) is 5.75 Å². The molecule has 2 rings (SSSR count). The number of morpholine rings is 1. The number of ether oxygens (including phenoxy) is 2. The van der Waals surface area contributed by atoms with Gasteiger partial charge in [-0.2, -0.15) is 0 Å². The Labute approximate surface area is 138 Å². The van der Waals surface area contributed by atoms with Crippen molar-refractivity contribution in [2.45, 2.75) is 26.4 Å². The molecule has 1 aliphatic heterocycles. The Balaban J connectivity index is 0.00000242. The molecule has 1 aliphatic rings. The van der Waals surface area contributed by atoms with Gasteiger partial charge in [0.1, 0.15) is 11.8 Å². The Hall–Kier alpha value is -1.30. The number of halogens is 1. The summed E-state index contributed by atoms with van der Waals surface area (Å²) in [5.41, 5.74) is 0.989. The van der Waals surface area contributed by atoms with Crippen molar-refractivity contribution >= 4 is 18.3 Å². The predicted octanol–water partition coefficient (Wildman–Crippen LogP) is 1.75. The molecule has 2 N–H and O–H groups in total. The average molecular weight is 329 g/mol. The van der Waals surface area contributed by atoms with E-state index in [1.807, 2.05) is 24.3 Å². The van der Waals surface area contributed by atoms with Gasteiger partial charge in [0, 0.05) is 18.7 Å². The zero-order valence-electron chi connectivity index (χ0n) is 13.1. The van der Waals surface area contributed by atoms with Crippen LogP contribution in [0.15, 0.2) is 24.3 Å².